The van der Waals surface area contributed by atoms with Gasteiger partial charge in [-0.3, -0.25) is 0 Å². The van der Waals surface area contributed by atoms with Gasteiger partial charge in [-0.25, -0.2) is 0 Å². The predicted molar refractivity (Wildman–Crippen MR) is 292 cm³/mol. The maximum Gasteiger partial charge on any atom is 0.136 e. The van der Waals surface area contributed by atoms with Crippen molar-refractivity contribution in [2.45, 2.75) is 19.3 Å². The van der Waals surface area contributed by atoms with E-state index in [0.29, 0.717) is 0 Å². The van der Waals surface area contributed by atoms with E-state index in [2.05, 4.69) is 255 Å². The second-order valence-electron chi connectivity index (χ2n) is 19.1. The molecule has 0 N–H and O–H groups in total. The Kier molecular flexibility index (Phi) is 8.93. The first-order chi connectivity index (χ1) is 34.5. The highest BCUT2D eigenvalue weighted by Gasteiger charge is 2.38. The summed E-state index contributed by atoms with van der Waals surface area (Å²) >= 11 is 0. The fourth-order valence-electron chi connectivity index (χ4n) is 11.7. The number of rotatable bonds is 7. The molecule has 13 aromatic rings. The van der Waals surface area contributed by atoms with Crippen LogP contribution in [0.3, 0.4) is 0 Å². The Hall–Kier alpha value is -8.92. The second-order valence-corrected chi connectivity index (χ2v) is 19.1. The van der Waals surface area contributed by atoms with Gasteiger partial charge in [0.1, 0.15) is 22.3 Å². The molecule has 14 rings (SSSR count). The number of para-hydroxylation sites is 2. The van der Waals surface area contributed by atoms with Gasteiger partial charge >= 0.3 is 0 Å². The molecule has 0 bridgehead atoms. The van der Waals surface area contributed by atoms with E-state index in [9.17, 15) is 0 Å². The van der Waals surface area contributed by atoms with Gasteiger partial charge in [-0.15, -0.1) is 0 Å². The van der Waals surface area contributed by atoms with Crippen molar-refractivity contribution in [3.05, 3.63) is 248 Å². The molecule has 1 aliphatic carbocycles. The van der Waals surface area contributed by atoms with E-state index in [0.717, 1.165) is 94.3 Å². The van der Waals surface area contributed by atoms with Crippen molar-refractivity contribution in [2.24, 2.45) is 0 Å². The summed E-state index contributed by atoms with van der Waals surface area (Å²) in [5.41, 5.74) is 21.0. The SMILES string of the molecule is CC1(C)c2ccccc2-c2c(N(c3ccc(-c4ccccc4)cc3)c3ccc(-c4c(-c5ccc6oc7ccccc7c6c5-c5cccc6ccccc56)ccc5oc6ccccc6c45)cc3)cccc21. The minimum atomic E-state index is -0.145. The molecule has 70 heavy (non-hydrogen) atoms. The fourth-order valence-corrected chi connectivity index (χ4v) is 11.7. The lowest BCUT2D eigenvalue weighted by Crippen LogP contribution is -2.16. The number of fused-ring (bicyclic) bond motifs is 10. The Morgan fingerprint density at radius 1 is 0.314 bits per heavy atom. The first kappa shape index (κ1) is 40.2. The first-order valence-electron chi connectivity index (χ1n) is 24.2. The highest BCUT2D eigenvalue weighted by Crippen LogP contribution is 2.55. The van der Waals surface area contributed by atoms with Crippen molar-refractivity contribution < 1.29 is 8.83 Å². The minimum Gasteiger partial charge on any atom is -0.456 e. The summed E-state index contributed by atoms with van der Waals surface area (Å²) in [5.74, 6) is 0. The van der Waals surface area contributed by atoms with Crippen LogP contribution in [0.25, 0.3) is 110 Å². The van der Waals surface area contributed by atoms with Crippen LogP contribution < -0.4 is 4.90 Å². The van der Waals surface area contributed by atoms with E-state index in [1.807, 2.05) is 0 Å². The first-order valence-corrected chi connectivity index (χ1v) is 24.2. The van der Waals surface area contributed by atoms with Gasteiger partial charge in [-0.1, -0.05) is 184 Å². The van der Waals surface area contributed by atoms with Crippen molar-refractivity contribution in [1.29, 1.82) is 0 Å². The van der Waals surface area contributed by atoms with Crippen LogP contribution in [0, 0.1) is 0 Å². The molecular formula is C67H45NO2. The molecule has 2 aromatic heterocycles. The molecule has 3 nitrogen and oxygen atoms in total. The second kappa shape index (κ2) is 15.6. The summed E-state index contributed by atoms with van der Waals surface area (Å²) < 4.78 is 13.3. The van der Waals surface area contributed by atoms with Crippen LogP contribution in [0.2, 0.25) is 0 Å². The van der Waals surface area contributed by atoms with E-state index < -0.39 is 0 Å². The number of hydrogen-bond donors (Lipinski definition) is 0. The number of benzene rings is 11. The lowest BCUT2D eigenvalue weighted by atomic mass is 9.82. The van der Waals surface area contributed by atoms with Gasteiger partial charge in [-0.2, -0.15) is 0 Å². The van der Waals surface area contributed by atoms with E-state index in [1.165, 1.54) is 44.2 Å². The normalized spacial score (nSPS) is 12.8. The largest absolute Gasteiger partial charge is 0.456 e. The van der Waals surface area contributed by atoms with Crippen molar-refractivity contribution in [1.82, 2.24) is 0 Å². The van der Waals surface area contributed by atoms with Crippen molar-refractivity contribution in [2.75, 3.05) is 4.90 Å². The van der Waals surface area contributed by atoms with Gasteiger partial charge in [0.15, 0.2) is 0 Å². The highest BCUT2D eigenvalue weighted by atomic mass is 16.3. The third kappa shape index (κ3) is 6.08. The zero-order valence-corrected chi connectivity index (χ0v) is 38.8. The van der Waals surface area contributed by atoms with Gasteiger partial charge in [0, 0.05) is 55.0 Å². The van der Waals surface area contributed by atoms with E-state index in [4.69, 9.17) is 8.83 Å². The predicted octanol–water partition coefficient (Wildman–Crippen LogP) is 19.1. The zero-order chi connectivity index (χ0) is 46.5. The minimum absolute atomic E-state index is 0.145. The Morgan fingerprint density at radius 3 is 1.51 bits per heavy atom. The molecule has 1 aliphatic rings. The van der Waals surface area contributed by atoms with Gasteiger partial charge in [-0.05, 0) is 128 Å². The molecule has 2 heterocycles. The standard InChI is InChI=1S/C67H45NO2/c1-67(2)55-25-11-8-21-52(55)64-56(67)26-15-27-57(64)68(46-34-30-43(31-35-46)42-16-4-3-5-17-42)47-36-32-45(33-37-47)62-50(38-40-60-65(62)53-22-9-12-28-58(53)69-60)51-39-41-61-66(54-23-10-13-29-59(54)70-61)63(51)49-24-14-19-44-18-6-7-20-48(44)49/h3-41H,1-2H3. The maximum absolute atomic E-state index is 6.68. The third-order valence-electron chi connectivity index (χ3n) is 14.9. The molecular weight excluding hydrogens is 851 g/mol. The highest BCUT2D eigenvalue weighted by molar-refractivity contribution is 6.22. The van der Waals surface area contributed by atoms with E-state index in [-0.39, 0.29) is 5.41 Å². The molecule has 0 saturated carbocycles. The van der Waals surface area contributed by atoms with Gasteiger partial charge in [0.05, 0.1) is 5.69 Å². The maximum atomic E-state index is 6.68. The van der Waals surface area contributed by atoms with Crippen LogP contribution in [0.15, 0.2) is 245 Å². The molecule has 0 fully saturated rings. The van der Waals surface area contributed by atoms with Crippen LogP contribution >= 0.6 is 0 Å². The summed E-state index contributed by atoms with van der Waals surface area (Å²) in [6.07, 6.45) is 0. The van der Waals surface area contributed by atoms with Gasteiger partial charge in [0.25, 0.3) is 0 Å². The van der Waals surface area contributed by atoms with Gasteiger partial charge in [0.2, 0.25) is 0 Å². The number of furan rings is 2. The number of hydrogen-bond acceptors (Lipinski definition) is 3. The van der Waals surface area contributed by atoms with Crippen LogP contribution in [0.4, 0.5) is 17.1 Å². The summed E-state index contributed by atoms with van der Waals surface area (Å²) in [6.45, 7) is 4.71. The number of anilines is 3. The molecule has 0 unspecified atom stereocenters. The Balaban J connectivity index is 1.01. The molecule has 0 amide bonds. The quantitative estimate of drug-likeness (QED) is 0.160. The van der Waals surface area contributed by atoms with Crippen LogP contribution in [0.5, 0.6) is 0 Å². The van der Waals surface area contributed by atoms with E-state index >= 15 is 0 Å². The van der Waals surface area contributed by atoms with Gasteiger partial charge < -0.3 is 13.7 Å². The molecule has 0 aliphatic heterocycles. The Labute approximate surface area is 406 Å². The molecule has 0 atom stereocenters. The third-order valence-corrected chi connectivity index (χ3v) is 14.9. The summed E-state index contributed by atoms with van der Waals surface area (Å²) in [6, 6.07) is 85.7. The fraction of sp³-hybridized carbons (Fsp3) is 0.0448. The lowest BCUT2D eigenvalue weighted by Gasteiger charge is -2.29. The molecule has 0 saturated heterocycles. The zero-order valence-electron chi connectivity index (χ0n) is 38.8. The monoisotopic (exact) mass is 895 g/mol. The van der Waals surface area contributed by atoms with Crippen molar-refractivity contribution in [3.63, 3.8) is 0 Å². The van der Waals surface area contributed by atoms with Crippen molar-refractivity contribution >= 4 is 71.7 Å². The topological polar surface area (TPSA) is 29.5 Å². The van der Waals surface area contributed by atoms with Crippen LogP contribution in [-0.4, -0.2) is 0 Å². The summed E-state index contributed by atoms with van der Waals surface area (Å²) in [5, 5.41) is 6.77. The average molecular weight is 896 g/mol. The Morgan fingerprint density at radius 2 is 0.814 bits per heavy atom. The average Bonchev–Trinajstić information content (AvgIpc) is 4.06. The lowest BCUT2D eigenvalue weighted by molar-refractivity contribution is 0.660. The number of nitrogens with zero attached hydrogens (tertiary/aromatic N) is 1. The van der Waals surface area contributed by atoms with E-state index in [1.54, 1.807) is 0 Å². The van der Waals surface area contributed by atoms with Crippen molar-refractivity contribution in [3.8, 4) is 55.6 Å². The molecule has 0 spiro atoms. The summed E-state index contributed by atoms with van der Waals surface area (Å²) in [4.78, 5) is 2.45. The van der Waals surface area contributed by atoms with Crippen LogP contribution in [0.1, 0.15) is 25.0 Å². The molecule has 0 radical (unpaired) electrons. The Bertz CT molecular complexity index is 4190. The van der Waals surface area contributed by atoms with Crippen LogP contribution in [-0.2, 0) is 5.41 Å². The molecule has 3 heteroatoms. The smallest absolute Gasteiger partial charge is 0.136 e. The molecule has 330 valence electrons. The summed E-state index contributed by atoms with van der Waals surface area (Å²) in [7, 11) is 0. The molecule has 11 aromatic carbocycles.